The molecule has 0 N–H and O–H groups in total. The van der Waals surface area contributed by atoms with Crippen LogP contribution in [0.5, 0.6) is 5.75 Å². The third-order valence-corrected chi connectivity index (χ3v) is 9.17. The van der Waals surface area contributed by atoms with E-state index < -0.39 is 0 Å². The highest BCUT2D eigenvalue weighted by molar-refractivity contribution is 6.12. The summed E-state index contributed by atoms with van der Waals surface area (Å²) in [6.07, 6.45) is 8.58. The number of anilines is 3. The zero-order valence-corrected chi connectivity index (χ0v) is 26.1. The topological polar surface area (TPSA) is 87.0 Å². The Morgan fingerprint density at radius 3 is 2.58 bits per heavy atom. The van der Waals surface area contributed by atoms with Crippen molar-refractivity contribution in [2.24, 2.45) is 0 Å². The molecule has 2 fully saturated rings. The second-order valence-electron chi connectivity index (χ2n) is 12.3. The molecule has 0 unspecified atom stereocenters. The molecule has 4 heterocycles. The molecule has 0 radical (unpaired) electrons. The van der Waals surface area contributed by atoms with Gasteiger partial charge in [0.15, 0.2) is 11.5 Å². The van der Waals surface area contributed by atoms with E-state index in [1.807, 2.05) is 50.9 Å². The number of pyridine rings is 1. The molecule has 2 amide bonds. The van der Waals surface area contributed by atoms with Crippen molar-refractivity contribution < 1.29 is 14.3 Å². The molecule has 10 heteroatoms. The fraction of sp³-hybridized carbons (Fsp3) is 0.371. The molecule has 2 aromatic carbocycles. The van der Waals surface area contributed by atoms with Crippen molar-refractivity contribution in [1.82, 2.24) is 24.6 Å². The number of carbonyl (C=O) groups excluding carboxylic acids is 2. The minimum absolute atomic E-state index is 0.0116. The Bertz CT molecular complexity index is 1740. The van der Waals surface area contributed by atoms with Crippen LogP contribution < -0.4 is 14.5 Å². The maximum Gasteiger partial charge on any atom is 0.248 e. The molecule has 1 aliphatic carbocycles. The van der Waals surface area contributed by atoms with Gasteiger partial charge in [-0.15, -0.1) is 0 Å². The summed E-state index contributed by atoms with van der Waals surface area (Å²) in [5.41, 5.74) is 4.73. The summed E-state index contributed by atoms with van der Waals surface area (Å²) in [5.74, 6) is 1.32. The Kier molecular flexibility index (Phi) is 7.75. The maximum absolute atomic E-state index is 14.3. The van der Waals surface area contributed by atoms with E-state index in [2.05, 4.69) is 48.0 Å². The fourth-order valence-corrected chi connectivity index (χ4v) is 6.46. The smallest absolute Gasteiger partial charge is 0.248 e. The number of rotatable bonds is 9. The largest absolute Gasteiger partial charge is 0.497 e. The Morgan fingerprint density at radius 1 is 1.07 bits per heavy atom. The number of likely N-dealkylation sites (N-methyl/N-ethyl adjacent to an activating group) is 1. The number of hydrogen-bond donors (Lipinski definition) is 0. The van der Waals surface area contributed by atoms with Gasteiger partial charge in [0.05, 0.1) is 30.8 Å². The second kappa shape index (κ2) is 12.0. The van der Waals surface area contributed by atoms with Gasteiger partial charge in [-0.1, -0.05) is 35.9 Å². The van der Waals surface area contributed by atoms with Crippen LogP contribution in [0.25, 0.3) is 11.0 Å². The van der Waals surface area contributed by atoms with Crippen LogP contribution in [0.15, 0.2) is 72.9 Å². The van der Waals surface area contributed by atoms with Crippen LogP contribution >= 0.6 is 0 Å². The molecule has 1 saturated heterocycles. The first-order chi connectivity index (χ1) is 21.9. The molecule has 10 nitrogen and oxygen atoms in total. The summed E-state index contributed by atoms with van der Waals surface area (Å²) in [7, 11) is 3.75. The third-order valence-electron chi connectivity index (χ3n) is 9.17. The van der Waals surface area contributed by atoms with Gasteiger partial charge in [0.25, 0.3) is 0 Å². The van der Waals surface area contributed by atoms with Crippen molar-refractivity contribution >= 4 is 40.0 Å². The predicted octanol–water partition coefficient (Wildman–Crippen LogP) is 4.53. The quantitative estimate of drug-likeness (QED) is 0.259. The maximum atomic E-state index is 14.3. The highest BCUT2D eigenvalue weighted by atomic mass is 16.5. The lowest BCUT2D eigenvalue weighted by molar-refractivity contribution is -0.125. The number of hydrogen-bond acceptors (Lipinski definition) is 7. The van der Waals surface area contributed by atoms with Crippen LogP contribution in [0.2, 0.25) is 0 Å². The van der Waals surface area contributed by atoms with E-state index in [0.717, 1.165) is 40.2 Å². The van der Waals surface area contributed by atoms with Gasteiger partial charge in [0.1, 0.15) is 12.3 Å². The van der Waals surface area contributed by atoms with Crippen molar-refractivity contribution in [2.45, 2.75) is 44.8 Å². The predicted molar refractivity (Wildman–Crippen MR) is 175 cm³/mol. The van der Waals surface area contributed by atoms with E-state index in [4.69, 9.17) is 14.8 Å². The van der Waals surface area contributed by atoms with Gasteiger partial charge in [0.2, 0.25) is 11.8 Å². The summed E-state index contributed by atoms with van der Waals surface area (Å²) in [4.78, 5) is 40.3. The van der Waals surface area contributed by atoms with Gasteiger partial charge in [0, 0.05) is 43.6 Å². The molecule has 0 spiro atoms. The van der Waals surface area contributed by atoms with E-state index in [-0.39, 0.29) is 24.4 Å². The molecule has 45 heavy (non-hydrogen) atoms. The lowest BCUT2D eigenvalue weighted by atomic mass is 10.2. The number of carbonyl (C=O) groups is 2. The average molecular weight is 606 g/mol. The highest BCUT2D eigenvalue weighted by Crippen LogP contribution is 2.41. The van der Waals surface area contributed by atoms with Crippen LogP contribution in [0.3, 0.4) is 0 Å². The number of ether oxygens (including phenoxy) is 1. The Morgan fingerprint density at radius 2 is 1.84 bits per heavy atom. The standard InChI is InChI=1S/C35H39N7O3/c1-24-6-10-27(11-7-24)40-23-32(44)42(28-17-20-39(22-28)31(43)5-4-19-38(2)26-12-13-26)35-33-30(40)16-18-36-34(33)41(37-35)21-25-8-14-29(45-3)15-9-25/h4-11,14-16,18,26,28H,12-13,17,19-23H2,1-3H3/b5-4+/t28-/m1/s1. The molecule has 4 aromatic rings. The molecule has 2 aromatic heterocycles. The van der Waals surface area contributed by atoms with Gasteiger partial charge in [-0.3, -0.25) is 19.4 Å². The number of benzene rings is 2. The first-order valence-electron chi connectivity index (χ1n) is 15.7. The van der Waals surface area contributed by atoms with Gasteiger partial charge < -0.3 is 14.5 Å². The highest BCUT2D eigenvalue weighted by Gasteiger charge is 2.39. The van der Waals surface area contributed by atoms with E-state index in [0.29, 0.717) is 43.6 Å². The number of aryl methyl sites for hydroxylation is 1. The van der Waals surface area contributed by atoms with Crippen molar-refractivity contribution in [2.75, 3.05) is 50.1 Å². The minimum atomic E-state index is -0.192. The van der Waals surface area contributed by atoms with E-state index in [1.165, 1.54) is 12.8 Å². The van der Waals surface area contributed by atoms with Crippen LogP contribution in [0.4, 0.5) is 17.2 Å². The average Bonchev–Trinajstić information content (AvgIpc) is 3.72. The monoisotopic (exact) mass is 605 g/mol. The van der Waals surface area contributed by atoms with Crippen LogP contribution in [-0.4, -0.2) is 88.8 Å². The molecule has 1 saturated carbocycles. The Labute approximate surface area is 263 Å². The van der Waals surface area contributed by atoms with Crippen LogP contribution in [-0.2, 0) is 16.1 Å². The summed E-state index contributed by atoms with van der Waals surface area (Å²) in [6.45, 7) is 4.51. The second-order valence-corrected chi connectivity index (χ2v) is 12.3. The molecule has 232 valence electrons. The zero-order chi connectivity index (χ0) is 31.1. The number of likely N-dealkylation sites (tertiary alicyclic amines) is 1. The summed E-state index contributed by atoms with van der Waals surface area (Å²) >= 11 is 0. The first kappa shape index (κ1) is 29.0. The van der Waals surface area contributed by atoms with E-state index in [1.54, 1.807) is 19.4 Å². The van der Waals surface area contributed by atoms with Crippen molar-refractivity contribution in [1.29, 1.82) is 0 Å². The number of nitrogens with zero attached hydrogens (tertiary/aromatic N) is 7. The van der Waals surface area contributed by atoms with E-state index >= 15 is 0 Å². The lowest BCUT2D eigenvalue weighted by Crippen LogP contribution is -2.46. The summed E-state index contributed by atoms with van der Waals surface area (Å²) in [6, 6.07) is 18.5. The van der Waals surface area contributed by atoms with Crippen molar-refractivity contribution in [3.8, 4) is 5.75 Å². The molecule has 1 atom stereocenters. The Hall–Kier alpha value is -4.70. The van der Waals surface area contributed by atoms with Crippen molar-refractivity contribution in [3.05, 3.63) is 84.1 Å². The molecule has 3 aliphatic rings. The fourth-order valence-electron chi connectivity index (χ4n) is 6.46. The number of amides is 2. The molecule has 2 aliphatic heterocycles. The molecular formula is C35H39N7O3. The summed E-state index contributed by atoms with van der Waals surface area (Å²) < 4.78 is 7.22. The van der Waals surface area contributed by atoms with Crippen LogP contribution in [0.1, 0.15) is 30.4 Å². The minimum Gasteiger partial charge on any atom is -0.497 e. The zero-order valence-electron chi connectivity index (χ0n) is 26.1. The number of aromatic nitrogens is 3. The lowest BCUT2D eigenvalue weighted by Gasteiger charge is -2.28. The van der Waals surface area contributed by atoms with Gasteiger partial charge in [-0.25, -0.2) is 9.67 Å². The number of methoxy groups -OCH3 is 1. The van der Waals surface area contributed by atoms with Gasteiger partial charge in [-0.05, 0) is 69.1 Å². The molecular weight excluding hydrogens is 566 g/mol. The normalized spacial score (nSPS) is 18.4. The SMILES string of the molecule is COc1ccc(Cn2nc3c4c(ccnc42)N(c2ccc(C)cc2)CC(=O)N3[C@@H]2CCN(C(=O)/C=C/CN(C)C3CC3)C2)cc1. The van der Waals surface area contributed by atoms with Crippen molar-refractivity contribution in [3.63, 3.8) is 0 Å². The summed E-state index contributed by atoms with van der Waals surface area (Å²) in [5, 5.41) is 5.91. The van der Waals surface area contributed by atoms with Gasteiger partial charge in [-0.2, -0.15) is 5.10 Å². The van der Waals surface area contributed by atoms with Crippen LogP contribution in [0, 0.1) is 6.92 Å². The third kappa shape index (κ3) is 5.78. The van der Waals surface area contributed by atoms with Gasteiger partial charge >= 0.3 is 0 Å². The van der Waals surface area contributed by atoms with E-state index in [9.17, 15) is 9.59 Å². The Balaban J connectivity index is 1.23. The molecule has 0 bridgehead atoms. The first-order valence-corrected chi connectivity index (χ1v) is 15.7. The molecule has 7 rings (SSSR count).